The molecule has 3 aromatic carbocycles. The van der Waals surface area contributed by atoms with Crippen LogP contribution in [0.3, 0.4) is 0 Å². The van der Waals surface area contributed by atoms with E-state index in [0.29, 0.717) is 27.8 Å². The van der Waals surface area contributed by atoms with E-state index in [4.69, 9.17) is 0 Å². The molecule has 192 valence electrons. The first-order chi connectivity index (χ1) is 16.7. The first-order valence-corrected chi connectivity index (χ1v) is 13.5. The van der Waals surface area contributed by atoms with Crippen molar-refractivity contribution in [1.29, 1.82) is 0 Å². The molecule has 2 N–H and O–H groups in total. The summed E-state index contributed by atoms with van der Waals surface area (Å²) < 4.78 is 43.1. The highest BCUT2D eigenvalue weighted by molar-refractivity contribution is 7.90. The van der Waals surface area contributed by atoms with Crippen molar-refractivity contribution in [3.8, 4) is 11.1 Å². The molecule has 0 spiro atoms. The zero-order valence-electron chi connectivity index (χ0n) is 21.6. The van der Waals surface area contributed by atoms with E-state index in [1.165, 1.54) is 24.3 Å². The second-order valence-electron chi connectivity index (χ2n) is 10.2. The highest BCUT2D eigenvalue weighted by Crippen LogP contribution is 2.31. The monoisotopic (exact) mass is 511 g/mol. The summed E-state index contributed by atoms with van der Waals surface area (Å²) in [5.74, 6) is -1.18. The minimum Gasteiger partial charge on any atom is -0.386 e. The number of carbonyl (C=O) groups is 1. The van der Waals surface area contributed by atoms with E-state index in [9.17, 15) is 22.7 Å². The SMILES string of the molecule is CC(C)c1cc(F)cc(C(C)C)c1CC(=O)NS(=O)(=O)c1cc(-c2ccccc2)cc(C(C)(C)O)c1. The molecule has 0 atom stereocenters. The van der Waals surface area contributed by atoms with E-state index < -0.39 is 21.5 Å². The van der Waals surface area contributed by atoms with Gasteiger partial charge in [0.15, 0.2) is 0 Å². The van der Waals surface area contributed by atoms with Crippen LogP contribution in [0, 0.1) is 5.82 Å². The maximum absolute atomic E-state index is 14.3. The topological polar surface area (TPSA) is 83.5 Å². The minimum absolute atomic E-state index is 0.0468. The molecular formula is C29H34FNO4S. The minimum atomic E-state index is -4.25. The van der Waals surface area contributed by atoms with E-state index in [1.807, 2.05) is 58.0 Å². The van der Waals surface area contributed by atoms with Crippen LogP contribution in [0.5, 0.6) is 0 Å². The summed E-state index contributed by atoms with van der Waals surface area (Å²) in [5.41, 5.74) is 2.49. The summed E-state index contributed by atoms with van der Waals surface area (Å²) in [7, 11) is -4.25. The van der Waals surface area contributed by atoms with Gasteiger partial charge in [-0.2, -0.15) is 0 Å². The molecule has 0 aliphatic heterocycles. The second kappa shape index (κ2) is 10.5. The Balaban J connectivity index is 2.00. The Morgan fingerprint density at radius 3 is 1.97 bits per heavy atom. The quantitative estimate of drug-likeness (QED) is 0.388. The van der Waals surface area contributed by atoms with E-state index in [1.54, 1.807) is 19.9 Å². The number of hydrogen-bond acceptors (Lipinski definition) is 4. The van der Waals surface area contributed by atoms with Crippen molar-refractivity contribution in [3.05, 3.63) is 88.7 Å². The Labute approximate surface area is 213 Å². The average Bonchev–Trinajstić information content (AvgIpc) is 2.79. The molecule has 0 saturated carbocycles. The number of sulfonamides is 1. The second-order valence-corrected chi connectivity index (χ2v) is 11.9. The predicted octanol–water partition coefficient (Wildman–Crippen LogP) is 6.01. The summed E-state index contributed by atoms with van der Waals surface area (Å²) in [5, 5.41) is 10.6. The van der Waals surface area contributed by atoms with Gasteiger partial charge in [0.2, 0.25) is 5.91 Å². The van der Waals surface area contributed by atoms with Crippen molar-refractivity contribution in [3.63, 3.8) is 0 Å². The Morgan fingerprint density at radius 2 is 1.47 bits per heavy atom. The van der Waals surface area contributed by atoms with Gasteiger partial charge in [-0.1, -0.05) is 58.0 Å². The molecule has 5 nitrogen and oxygen atoms in total. The lowest BCUT2D eigenvalue weighted by molar-refractivity contribution is -0.118. The number of nitrogens with one attached hydrogen (secondary N) is 1. The van der Waals surface area contributed by atoms with Gasteiger partial charge in [0.05, 0.1) is 16.9 Å². The fourth-order valence-corrected chi connectivity index (χ4v) is 5.28. The van der Waals surface area contributed by atoms with Gasteiger partial charge in [0.1, 0.15) is 5.82 Å². The maximum atomic E-state index is 14.3. The van der Waals surface area contributed by atoms with Crippen molar-refractivity contribution < 1.29 is 22.7 Å². The highest BCUT2D eigenvalue weighted by Gasteiger charge is 2.25. The summed E-state index contributed by atoms with van der Waals surface area (Å²) in [6, 6.07) is 16.6. The molecule has 0 aromatic heterocycles. The van der Waals surface area contributed by atoms with Gasteiger partial charge in [0, 0.05) is 0 Å². The van der Waals surface area contributed by atoms with Crippen molar-refractivity contribution in [1.82, 2.24) is 4.72 Å². The van der Waals surface area contributed by atoms with Crippen molar-refractivity contribution in [2.24, 2.45) is 0 Å². The molecule has 0 unspecified atom stereocenters. The number of hydrogen-bond donors (Lipinski definition) is 2. The summed E-state index contributed by atoms with van der Waals surface area (Å²) in [4.78, 5) is 12.9. The molecule has 1 amide bonds. The lowest BCUT2D eigenvalue weighted by Crippen LogP contribution is -2.32. The number of aliphatic hydroxyl groups is 1. The first kappa shape index (κ1) is 27.6. The third-order valence-electron chi connectivity index (χ3n) is 6.14. The van der Waals surface area contributed by atoms with E-state index in [-0.39, 0.29) is 29.0 Å². The van der Waals surface area contributed by atoms with E-state index in [2.05, 4.69) is 4.72 Å². The summed E-state index contributed by atoms with van der Waals surface area (Å²) in [6.45, 7) is 10.8. The summed E-state index contributed by atoms with van der Waals surface area (Å²) in [6.07, 6.45) is -0.197. The lowest BCUT2D eigenvalue weighted by atomic mass is 9.87. The number of benzene rings is 3. The molecule has 7 heteroatoms. The molecule has 0 saturated heterocycles. The fraction of sp³-hybridized carbons (Fsp3) is 0.345. The van der Waals surface area contributed by atoms with Crippen LogP contribution in [0.25, 0.3) is 11.1 Å². The van der Waals surface area contributed by atoms with Gasteiger partial charge >= 0.3 is 0 Å². The fourth-order valence-electron chi connectivity index (χ4n) is 4.22. The summed E-state index contributed by atoms with van der Waals surface area (Å²) >= 11 is 0. The molecule has 0 radical (unpaired) electrons. The van der Waals surface area contributed by atoms with Gasteiger partial charge in [-0.15, -0.1) is 0 Å². The van der Waals surface area contributed by atoms with Crippen LogP contribution in [0.4, 0.5) is 4.39 Å². The van der Waals surface area contributed by atoms with Gasteiger partial charge < -0.3 is 5.11 Å². The maximum Gasteiger partial charge on any atom is 0.264 e. The molecule has 0 heterocycles. The largest absolute Gasteiger partial charge is 0.386 e. The van der Waals surface area contributed by atoms with Gasteiger partial charge in [0.25, 0.3) is 10.0 Å². The molecule has 0 aliphatic rings. The van der Waals surface area contributed by atoms with Crippen LogP contribution >= 0.6 is 0 Å². The van der Waals surface area contributed by atoms with Crippen molar-refractivity contribution in [2.75, 3.05) is 0 Å². The number of amides is 1. The lowest BCUT2D eigenvalue weighted by Gasteiger charge is -2.21. The smallest absolute Gasteiger partial charge is 0.264 e. The molecule has 0 fully saturated rings. The molecule has 0 aliphatic carbocycles. The van der Waals surface area contributed by atoms with Gasteiger partial charge in [-0.3, -0.25) is 4.79 Å². The zero-order valence-corrected chi connectivity index (χ0v) is 22.4. The van der Waals surface area contributed by atoms with E-state index >= 15 is 0 Å². The van der Waals surface area contributed by atoms with E-state index in [0.717, 1.165) is 5.56 Å². The third-order valence-corrected chi connectivity index (χ3v) is 7.50. The van der Waals surface area contributed by atoms with Crippen molar-refractivity contribution >= 4 is 15.9 Å². The molecule has 36 heavy (non-hydrogen) atoms. The molecule has 3 rings (SSSR count). The standard InChI is InChI=1S/C29H34FNO4S/c1-18(2)25-15-23(30)16-26(19(3)4)27(25)17-28(32)31-36(34,35)24-13-21(20-10-8-7-9-11-20)12-22(14-24)29(5,6)33/h7-16,18-19,33H,17H2,1-6H3,(H,31,32). The number of rotatable bonds is 8. The highest BCUT2D eigenvalue weighted by atomic mass is 32.2. The molecule has 3 aromatic rings. The van der Waals surface area contributed by atoms with Crippen LogP contribution in [0.2, 0.25) is 0 Å². The molecular weight excluding hydrogens is 477 g/mol. The van der Waals surface area contributed by atoms with Crippen LogP contribution in [-0.2, 0) is 26.8 Å². The Hall–Kier alpha value is -3.03. The van der Waals surface area contributed by atoms with Crippen LogP contribution in [-0.4, -0.2) is 19.4 Å². The van der Waals surface area contributed by atoms with Crippen molar-refractivity contribution in [2.45, 2.75) is 70.3 Å². The number of halogens is 1. The zero-order chi connectivity index (χ0) is 26.8. The number of carbonyl (C=O) groups excluding carboxylic acids is 1. The Morgan fingerprint density at radius 1 is 0.917 bits per heavy atom. The average molecular weight is 512 g/mol. The van der Waals surface area contributed by atoms with Crippen LogP contribution < -0.4 is 4.72 Å². The first-order valence-electron chi connectivity index (χ1n) is 12.0. The Kier molecular flexibility index (Phi) is 8.06. The normalized spacial score (nSPS) is 12.3. The predicted molar refractivity (Wildman–Crippen MR) is 141 cm³/mol. The van der Waals surface area contributed by atoms with Crippen LogP contribution in [0.15, 0.2) is 65.6 Å². The van der Waals surface area contributed by atoms with Crippen LogP contribution in [0.1, 0.15) is 75.6 Å². The Bertz CT molecular complexity index is 1330. The van der Waals surface area contributed by atoms with Gasteiger partial charge in [-0.05, 0) is 89.4 Å². The molecule has 0 bridgehead atoms. The van der Waals surface area contributed by atoms with Gasteiger partial charge in [-0.25, -0.2) is 17.5 Å². The third kappa shape index (κ3) is 6.39.